The number of benzene rings is 2. The number of nitrogens with zero attached hydrogens (tertiary/aromatic N) is 5. The second-order valence-electron chi connectivity index (χ2n) is 6.82. The number of rotatable bonds is 5. The molecule has 2 aromatic heterocycles. The van der Waals surface area contributed by atoms with Crippen LogP contribution in [0.5, 0.6) is 0 Å². The van der Waals surface area contributed by atoms with Gasteiger partial charge in [0, 0.05) is 12.4 Å². The monoisotopic (exact) mass is 373 g/mol. The number of anilines is 1. The molecule has 2 aromatic carbocycles. The predicted molar refractivity (Wildman–Crippen MR) is 102 cm³/mol. The SMILES string of the molecule is Fc1ccc(-c2ccc(C3(Nc4ncc(-c5nn[nH]n5)cn4)CC3)cc2)cc1. The Morgan fingerprint density at radius 3 is 2.07 bits per heavy atom. The van der Waals surface area contributed by atoms with Crippen molar-refractivity contribution in [2.45, 2.75) is 18.4 Å². The van der Waals surface area contributed by atoms with Gasteiger partial charge in [-0.1, -0.05) is 36.4 Å². The van der Waals surface area contributed by atoms with Gasteiger partial charge in [-0.15, -0.1) is 10.2 Å². The van der Waals surface area contributed by atoms with Crippen molar-refractivity contribution >= 4 is 5.95 Å². The van der Waals surface area contributed by atoms with Gasteiger partial charge in [-0.25, -0.2) is 14.4 Å². The van der Waals surface area contributed by atoms with E-state index in [1.807, 2.05) is 0 Å². The van der Waals surface area contributed by atoms with Crippen LogP contribution in [-0.4, -0.2) is 30.6 Å². The number of hydrogen-bond donors (Lipinski definition) is 2. The summed E-state index contributed by atoms with van der Waals surface area (Å²) in [6.07, 6.45) is 5.37. The van der Waals surface area contributed by atoms with Crippen LogP contribution >= 0.6 is 0 Å². The molecule has 0 spiro atoms. The zero-order valence-electron chi connectivity index (χ0n) is 14.8. The van der Waals surface area contributed by atoms with Crippen LogP contribution in [0.25, 0.3) is 22.5 Å². The number of hydrogen-bond acceptors (Lipinski definition) is 6. The normalized spacial score (nSPS) is 14.6. The first-order valence-corrected chi connectivity index (χ1v) is 8.92. The van der Waals surface area contributed by atoms with Crippen LogP contribution in [0.4, 0.5) is 10.3 Å². The van der Waals surface area contributed by atoms with Crippen molar-refractivity contribution in [3.63, 3.8) is 0 Å². The van der Waals surface area contributed by atoms with Gasteiger partial charge < -0.3 is 5.32 Å². The molecule has 1 fully saturated rings. The Morgan fingerprint density at radius 2 is 1.50 bits per heavy atom. The highest BCUT2D eigenvalue weighted by Gasteiger charge is 2.45. The molecule has 5 rings (SSSR count). The highest BCUT2D eigenvalue weighted by Crippen LogP contribution is 2.48. The Hall–Kier alpha value is -3.68. The second kappa shape index (κ2) is 6.49. The van der Waals surface area contributed by atoms with Gasteiger partial charge in [0.1, 0.15) is 5.82 Å². The number of aromatic amines is 1. The molecular formula is C20H16FN7. The smallest absolute Gasteiger partial charge is 0.223 e. The summed E-state index contributed by atoms with van der Waals surface area (Å²) in [5.41, 5.74) is 3.79. The van der Waals surface area contributed by atoms with Gasteiger partial charge in [0.15, 0.2) is 0 Å². The maximum Gasteiger partial charge on any atom is 0.223 e. The summed E-state index contributed by atoms with van der Waals surface area (Å²) < 4.78 is 13.1. The van der Waals surface area contributed by atoms with E-state index in [4.69, 9.17) is 0 Å². The molecular weight excluding hydrogens is 357 g/mol. The summed E-state index contributed by atoms with van der Waals surface area (Å²) in [6.45, 7) is 0. The molecule has 7 nitrogen and oxygen atoms in total. The largest absolute Gasteiger partial charge is 0.345 e. The highest BCUT2D eigenvalue weighted by atomic mass is 19.1. The first-order chi connectivity index (χ1) is 13.7. The van der Waals surface area contributed by atoms with E-state index >= 15 is 0 Å². The Balaban J connectivity index is 1.34. The van der Waals surface area contributed by atoms with Crippen molar-refractivity contribution in [1.29, 1.82) is 0 Å². The van der Waals surface area contributed by atoms with E-state index in [0.717, 1.165) is 24.0 Å². The first-order valence-electron chi connectivity index (χ1n) is 8.92. The topological polar surface area (TPSA) is 92.3 Å². The summed E-state index contributed by atoms with van der Waals surface area (Å²) >= 11 is 0. The lowest BCUT2D eigenvalue weighted by Gasteiger charge is -2.18. The molecule has 1 aliphatic carbocycles. The molecule has 1 aliphatic rings. The van der Waals surface area contributed by atoms with Crippen molar-refractivity contribution in [2.24, 2.45) is 0 Å². The van der Waals surface area contributed by atoms with Gasteiger partial charge in [0.25, 0.3) is 0 Å². The molecule has 0 bridgehead atoms. The number of nitrogens with one attached hydrogen (secondary N) is 2. The lowest BCUT2D eigenvalue weighted by molar-refractivity contribution is 0.628. The average molecular weight is 373 g/mol. The van der Waals surface area contributed by atoms with Gasteiger partial charge >= 0.3 is 0 Å². The maximum atomic E-state index is 13.1. The molecule has 2 N–H and O–H groups in total. The van der Waals surface area contributed by atoms with Crippen molar-refractivity contribution < 1.29 is 4.39 Å². The van der Waals surface area contributed by atoms with Gasteiger partial charge in [0.2, 0.25) is 11.8 Å². The summed E-state index contributed by atoms with van der Waals surface area (Å²) in [5.74, 6) is 0.795. The molecule has 4 aromatic rings. The fraction of sp³-hybridized carbons (Fsp3) is 0.150. The second-order valence-corrected chi connectivity index (χ2v) is 6.82. The molecule has 0 aliphatic heterocycles. The predicted octanol–water partition coefficient (Wildman–Crippen LogP) is 3.56. The van der Waals surface area contributed by atoms with Crippen LogP contribution in [0.3, 0.4) is 0 Å². The Kier molecular flexibility index (Phi) is 3.82. The standard InChI is InChI=1S/C20H16FN7/c21-17-7-3-14(4-8-17)13-1-5-16(6-2-13)20(9-10-20)24-19-22-11-15(12-23-19)18-25-27-28-26-18/h1-8,11-12H,9-10H2,(H,22,23,24)(H,25,26,27,28). The van der Waals surface area contributed by atoms with E-state index in [-0.39, 0.29) is 11.4 Å². The summed E-state index contributed by atoms with van der Waals surface area (Å²) in [7, 11) is 0. The fourth-order valence-electron chi connectivity index (χ4n) is 3.24. The van der Waals surface area contributed by atoms with Gasteiger partial charge in [-0.3, -0.25) is 0 Å². The first kappa shape index (κ1) is 16.5. The minimum atomic E-state index is -0.230. The molecule has 1 saturated carbocycles. The van der Waals surface area contributed by atoms with Crippen LogP contribution in [0.2, 0.25) is 0 Å². The average Bonchev–Trinajstić information content (AvgIpc) is 3.30. The lowest BCUT2D eigenvalue weighted by Crippen LogP contribution is -2.20. The van der Waals surface area contributed by atoms with E-state index in [1.165, 1.54) is 17.7 Å². The molecule has 28 heavy (non-hydrogen) atoms. The third kappa shape index (κ3) is 3.09. The Bertz CT molecular complexity index is 1070. The number of aromatic nitrogens is 6. The van der Waals surface area contributed by atoms with Crippen LogP contribution in [-0.2, 0) is 5.54 Å². The van der Waals surface area contributed by atoms with Crippen molar-refractivity contribution in [3.05, 3.63) is 72.3 Å². The molecule has 138 valence electrons. The maximum absolute atomic E-state index is 13.1. The molecule has 2 heterocycles. The highest BCUT2D eigenvalue weighted by molar-refractivity contribution is 5.64. The number of H-pyrrole nitrogens is 1. The van der Waals surface area contributed by atoms with Gasteiger partial charge in [0.05, 0.1) is 11.1 Å². The van der Waals surface area contributed by atoms with Crippen LogP contribution in [0.1, 0.15) is 18.4 Å². The van der Waals surface area contributed by atoms with E-state index < -0.39 is 0 Å². The molecule has 0 radical (unpaired) electrons. The molecule has 0 atom stereocenters. The van der Waals surface area contributed by atoms with Crippen molar-refractivity contribution in [1.82, 2.24) is 30.6 Å². The summed E-state index contributed by atoms with van der Waals surface area (Å²) in [6, 6.07) is 14.8. The molecule has 8 heteroatoms. The van der Waals surface area contributed by atoms with Crippen molar-refractivity contribution in [3.8, 4) is 22.5 Å². The summed E-state index contributed by atoms with van der Waals surface area (Å²) in [5, 5.41) is 17.2. The zero-order chi connectivity index (χ0) is 19.0. The van der Waals surface area contributed by atoms with Crippen LogP contribution < -0.4 is 5.32 Å². The molecule has 0 unspecified atom stereocenters. The van der Waals surface area contributed by atoms with Gasteiger partial charge in [-0.05, 0) is 46.9 Å². The minimum absolute atomic E-state index is 0.144. The van der Waals surface area contributed by atoms with Gasteiger partial charge in [-0.2, -0.15) is 5.21 Å². The van der Waals surface area contributed by atoms with Crippen molar-refractivity contribution in [2.75, 3.05) is 5.32 Å². The third-order valence-corrected chi connectivity index (χ3v) is 4.97. The van der Waals surface area contributed by atoms with E-state index in [9.17, 15) is 4.39 Å². The zero-order valence-corrected chi connectivity index (χ0v) is 14.8. The van der Waals surface area contributed by atoms with E-state index in [0.29, 0.717) is 17.3 Å². The minimum Gasteiger partial charge on any atom is -0.345 e. The Morgan fingerprint density at radius 1 is 0.857 bits per heavy atom. The summed E-state index contributed by atoms with van der Waals surface area (Å²) in [4.78, 5) is 8.76. The Labute approximate surface area is 160 Å². The van der Waals surface area contributed by atoms with Crippen LogP contribution in [0.15, 0.2) is 60.9 Å². The van der Waals surface area contributed by atoms with Crippen LogP contribution in [0, 0.1) is 5.82 Å². The lowest BCUT2D eigenvalue weighted by atomic mass is 9.99. The third-order valence-electron chi connectivity index (χ3n) is 4.97. The van der Waals surface area contributed by atoms with E-state index in [2.05, 4.69) is 60.2 Å². The number of tetrazole rings is 1. The molecule has 0 amide bonds. The fourth-order valence-corrected chi connectivity index (χ4v) is 3.24. The molecule has 0 saturated heterocycles. The number of halogens is 1. The van der Waals surface area contributed by atoms with E-state index in [1.54, 1.807) is 24.5 Å². The quantitative estimate of drug-likeness (QED) is 0.556.